The average molecular weight is 254 g/mol. The van der Waals surface area contributed by atoms with Crippen molar-refractivity contribution in [3.8, 4) is 0 Å². The first kappa shape index (κ1) is 16.0. The van der Waals surface area contributed by atoms with Crippen molar-refractivity contribution in [2.24, 2.45) is 11.7 Å². The van der Waals surface area contributed by atoms with Crippen LogP contribution in [0.5, 0.6) is 0 Å². The Kier molecular flexibility index (Phi) is 8.70. The Morgan fingerprint density at radius 2 is 1.78 bits per heavy atom. The van der Waals surface area contributed by atoms with Crippen LogP contribution in [-0.4, -0.2) is 30.6 Å². The number of nitrogens with zero attached hydrogens (tertiary/aromatic N) is 1. The zero-order valence-corrected chi connectivity index (χ0v) is 12.7. The minimum atomic E-state index is 0.658. The van der Waals surface area contributed by atoms with Gasteiger partial charge in [-0.05, 0) is 25.3 Å². The van der Waals surface area contributed by atoms with Gasteiger partial charge in [0.1, 0.15) is 0 Å². The second-order valence-corrected chi connectivity index (χ2v) is 6.19. The molecule has 1 rings (SSSR count). The van der Waals surface area contributed by atoms with E-state index in [1.54, 1.807) is 0 Å². The smallest absolute Gasteiger partial charge is 0.0218 e. The zero-order chi connectivity index (χ0) is 13.2. The molecule has 2 atom stereocenters. The number of hydrogen-bond donors (Lipinski definition) is 1. The molecular formula is C16H34N2. The first-order valence-electron chi connectivity index (χ1n) is 8.22. The van der Waals surface area contributed by atoms with Crippen molar-refractivity contribution in [3.63, 3.8) is 0 Å². The monoisotopic (exact) mass is 254 g/mol. The average Bonchev–Trinajstić information content (AvgIpc) is 2.79. The summed E-state index contributed by atoms with van der Waals surface area (Å²) in [5, 5.41) is 0. The van der Waals surface area contributed by atoms with E-state index in [-0.39, 0.29) is 0 Å². The quantitative estimate of drug-likeness (QED) is 0.601. The highest BCUT2D eigenvalue weighted by atomic mass is 15.2. The van der Waals surface area contributed by atoms with Crippen LogP contribution >= 0.6 is 0 Å². The van der Waals surface area contributed by atoms with Crippen LogP contribution in [-0.2, 0) is 0 Å². The van der Waals surface area contributed by atoms with Crippen LogP contribution in [0.4, 0.5) is 0 Å². The number of unbranched alkanes of at least 4 members (excludes halogenated alkanes) is 6. The molecular weight excluding hydrogens is 220 g/mol. The summed E-state index contributed by atoms with van der Waals surface area (Å²) in [6.07, 6.45) is 12.5. The fraction of sp³-hybridized carbons (Fsp3) is 1.00. The highest BCUT2D eigenvalue weighted by molar-refractivity contribution is 4.80. The van der Waals surface area contributed by atoms with E-state index in [1.165, 1.54) is 70.9 Å². The van der Waals surface area contributed by atoms with E-state index in [4.69, 9.17) is 5.73 Å². The third-order valence-corrected chi connectivity index (χ3v) is 4.38. The van der Waals surface area contributed by atoms with Crippen molar-refractivity contribution < 1.29 is 0 Å². The fourth-order valence-corrected chi connectivity index (χ4v) is 3.09. The molecule has 1 fully saturated rings. The molecule has 0 aromatic carbocycles. The van der Waals surface area contributed by atoms with Crippen LogP contribution in [0.15, 0.2) is 0 Å². The topological polar surface area (TPSA) is 29.3 Å². The first-order chi connectivity index (χ1) is 8.77. The molecule has 2 N–H and O–H groups in total. The van der Waals surface area contributed by atoms with Crippen molar-refractivity contribution in [2.75, 3.05) is 19.6 Å². The molecule has 0 aliphatic carbocycles. The van der Waals surface area contributed by atoms with Crippen LogP contribution in [0.3, 0.4) is 0 Å². The molecule has 0 amide bonds. The molecule has 18 heavy (non-hydrogen) atoms. The van der Waals surface area contributed by atoms with Gasteiger partial charge in [-0.2, -0.15) is 0 Å². The molecule has 1 aliphatic heterocycles. The number of nitrogens with two attached hydrogens (primary N) is 1. The van der Waals surface area contributed by atoms with E-state index in [2.05, 4.69) is 18.7 Å². The van der Waals surface area contributed by atoms with Gasteiger partial charge in [0.05, 0.1) is 0 Å². The molecule has 1 aliphatic rings. The molecule has 2 unspecified atom stereocenters. The lowest BCUT2D eigenvalue weighted by atomic mass is 10.0. The highest BCUT2D eigenvalue weighted by Gasteiger charge is 2.24. The second-order valence-electron chi connectivity index (χ2n) is 6.19. The summed E-state index contributed by atoms with van der Waals surface area (Å²) >= 11 is 0. The van der Waals surface area contributed by atoms with Gasteiger partial charge in [-0.3, -0.25) is 4.90 Å². The van der Waals surface area contributed by atoms with Gasteiger partial charge in [0, 0.05) is 19.1 Å². The third-order valence-electron chi connectivity index (χ3n) is 4.38. The molecule has 0 aromatic rings. The summed E-state index contributed by atoms with van der Waals surface area (Å²) in [5.41, 5.74) is 5.94. The van der Waals surface area contributed by atoms with Crippen molar-refractivity contribution in [2.45, 2.75) is 77.7 Å². The Morgan fingerprint density at radius 1 is 1.11 bits per heavy atom. The van der Waals surface area contributed by atoms with Crippen LogP contribution in [0.1, 0.15) is 71.6 Å². The SMILES string of the molecule is CCCCCCCCCC(CN)N1CCC(C)C1. The Labute approximate surface area is 114 Å². The Balaban J connectivity index is 2.02. The van der Waals surface area contributed by atoms with Crippen LogP contribution < -0.4 is 5.73 Å². The van der Waals surface area contributed by atoms with Crippen molar-refractivity contribution >= 4 is 0 Å². The summed E-state index contributed by atoms with van der Waals surface area (Å²) in [5.74, 6) is 0.882. The molecule has 1 heterocycles. The summed E-state index contributed by atoms with van der Waals surface area (Å²) in [7, 11) is 0. The number of rotatable bonds is 10. The largest absolute Gasteiger partial charge is 0.329 e. The second kappa shape index (κ2) is 9.80. The molecule has 0 bridgehead atoms. The lowest BCUT2D eigenvalue weighted by molar-refractivity contribution is 0.224. The van der Waals surface area contributed by atoms with Crippen molar-refractivity contribution in [1.29, 1.82) is 0 Å². The normalized spacial score (nSPS) is 22.5. The van der Waals surface area contributed by atoms with E-state index < -0.39 is 0 Å². The third kappa shape index (κ3) is 6.19. The molecule has 0 spiro atoms. The molecule has 2 nitrogen and oxygen atoms in total. The minimum absolute atomic E-state index is 0.658. The van der Waals surface area contributed by atoms with Gasteiger partial charge in [0.2, 0.25) is 0 Å². The standard InChI is InChI=1S/C16H34N2/c1-3-4-5-6-7-8-9-10-16(13-17)18-12-11-15(2)14-18/h15-16H,3-14,17H2,1-2H3. The first-order valence-corrected chi connectivity index (χ1v) is 8.22. The van der Waals surface area contributed by atoms with E-state index in [9.17, 15) is 0 Å². The van der Waals surface area contributed by atoms with Crippen molar-refractivity contribution in [1.82, 2.24) is 4.90 Å². The van der Waals surface area contributed by atoms with Crippen LogP contribution in [0.2, 0.25) is 0 Å². The minimum Gasteiger partial charge on any atom is -0.329 e. The van der Waals surface area contributed by atoms with Crippen LogP contribution in [0, 0.1) is 5.92 Å². The van der Waals surface area contributed by atoms with Gasteiger partial charge < -0.3 is 5.73 Å². The van der Waals surface area contributed by atoms with E-state index in [0.717, 1.165) is 12.5 Å². The summed E-state index contributed by atoms with van der Waals surface area (Å²) in [6, 6.07) is 0.658. The van der Waals surface area contributed by atoms with E-state index in [0.29, 0.717) is 6.04 Å². The summed E-state index contributed by atoms with van der Waals surface area (Å²) < 4.78 is 0. The zero-order valence-electron chi connectivity index (χ0n) is 12.7. The molecule has 2 heteroatoms. The fourth-order valence-electron chi connectivity index (χ4n) is 3.09. The summed E-state index contributed by atoms with van der Waals surface area (Å²) in [4.78, 5) is 2.63. The molecule has 0 saturated carbocycles. The maximum Gasteiger partial charge on any atom is 0.0218 e. The lowest BCUT2D eigenvalue weighted by Gasteiger charge is -2.26. The summed E-state index contributed by atoms with van der Waals surface area (Å²) in [6.45, 7) is 8.05. The molecule has 108 valence electrons. The molecule has 1 saturated heterocycles. The van der Waals surface area contributed by atoms with Gasteiger partial charge in [0.15, 0.2) is 0 Å². The van der Waals surface area contributed by atoms with E-state index >= 15 is 0 Å². The predicted molar refractivity (Wildman–Crippen MR) is 80.8 cm³/mol. The van der Waals surface area contributed by atoms with E-state index in [1.807, 2.05) is 0 Å². The predicted octanol–water partition coefficient (Wildman–Crippen LogP) is 3.80. The maximum atomic E-state index is 5.94. The van der Waals surface area contributed by atoms with Crippen molar-refractivity contribution in [3.05, 3.63) is 0 Å². The molecule has 0 radical (unpaired) electrons. The van der Waals surface area contributed by atoms with Gasteiger partial charge >= 0.3 is 0 Å². The van der Waals surface area contributed by atoms with Crippen LogP contribution in [0.25, 0.3) is 0 Å². The number of hydrogen-bond acceptors (Lipinski definition) is 2. The Bertz CT molecular complexity index is 194. The van der Waals surface area contributed by atoms with Gasteiger partial charge in [-0.1, -0.05) is 58.8 Å². The maximum absolute atomic E-state index is 5.94. The lowest BCUT2D eigenvalue weighted by Crippen LogP contribution is -2.39. The number of likely N-dealkylation sites (tertiary alicyclic amines) is 1. The molecule has 0 aromatic heterocycles. The van der Waals surface area contributed by atoms with Gasteiger partial charge in [-0.25, -0.2) is 0 Å². The highest BCUT2D eigenvalue weighted by Crippen LogP contribution is 2.20. The Hall–Kier alpha value is -0.0800. The van der Waals surface area contributed by atoms with Gasteiger partial charge in [-0.15, -0.1) is 0 Å². The van der Waals surface area contributed by atoms with Gasteiger partial charge in [0.25, 0.3) is 0 Å². The Morgan fingerprint density at radius 3 is 2.33 bits per heavy atom.